The van der Waals surface area contributed by atoms with E-state index in [1.54, 1.807) is 6.07 Å². The number of benzene rings is 1. The van der Waals surface area contributed by atoms with Crippen molar-refractivity contribution in [3.63, 3.8) is 0 Å². The van der Waals surface area contributed by atoms with Gasteiger partial charge in [0, 0.05) is 11.3 Å². The van der Waals surface area contributed by atoms with Crippen molar-refractivity contribution in [2.45, 2.75) is 32.6 Å². The number of anilines is 1. The van der Waals surface area contributed by atoms with Crippen LogP contribution in [0.15, 0.2) is 18.2 Å². The maximum Gasteiger partial charge on any atom is 0.266 e. The minimum Gasteiger partial charge on any atom is -0.319 e. The molecule has 4 nitrogen and oxygen atoms in total. The summed E-state index contributed by atoms with van der Waals surface area (Å²) >= 11 is 7.09. The topological polar surface area (TPSA) is 54.9 Å². The number of aromatic nitrogens is 2. The number of halogens is 2. The van der Waals surface area contributed by atoms with Gasteiger partial charge in [-0.05, 0) is 44.4 Å². The van der Waals surface area contributed by atoms with Crippen LogP contribution in [-0.2, 0) is 0 Å². The van der Waals surface area contributed by atoms with Crippen molar-refractivity contribution in [3.8, 4) is 0 Å². The van der Waals surface area contributed by atoms with Gasteiger partial charge in [-0.15, -0.1) is 11.3 Å². The molecule has 25 heavy (non-hydrogen) atoms. The average Bonchev–Trinajstić information content (AvgIpc) is 3.36. The van der Waals surface area contributed by atoms with Gasteiger partial charge in [0.15, 0.2) is 5.82 Å². The van der Waals surface area contributed by atoms with Crippen molar-refractivity contribution in [2.24, 2.45) is 0 Å². The summed E-state index contributed by atoms with van der Waals surface area (Å²) in [7, 11) is 0. The van der Waals surface area contributed by atoms with Gasteiger partial charge in [0.25, 0.3) is 5.91 Å². The zero-order valence-corrected chi connectivity index (χ0v) is 15.3. The molecule has 1 saturated carbocycles. The Morgan fingerprint density at radius 3 is 2.80 bits per heavy atom. The van der Waals surface area contributed by atoms with Crippen molar-refractivity contribution in [3.05, 3.63) is 51.0 Å². The van der Waals surface area contributed by atoms with Gasteiger partial charge in [0.05, 0.1) is 21.3 Å². The number of fused-ring (bicyclic) bond motifs is 1. The van der Waals surface area contributed by atoms with Crippen LogP contribution in [0.25, 0.3) is 10.2 Å². The Balaban J connectivity index is 1.73. The van der Waals surface area contributed by atoms with Gasteiger partial charge in [-0.1, -0.05) is 17.7 Å². The van der Waals surface area contributed by atoms with E-state index in [4.69, 9.17) is 11.6 Å². The van der Waals surface area contributed by atoms with Crippen LogP contribution in [0.4, 0.5) is 10.1 Å². The maximum atomic E-state index is 14.0. The second-order valence-electron chi connectivity index (χ2n) is 6.23. The van der Waals surface area contributed by atoms with Crippen LogP contribution in [0.1, 0.15) is 45.5 Å². The first-order valence-corrected chi connectivity index (χ1v) is 9.18. The molecular weight excluding hydrogens is 361 g/mol. The van der Waals surface area contributed by atoms with Gasteiger partial charge in [-0.3, -0.25) is 4.79 Å². The Morgan fingerprint density at radius 2 is 2.08 bits per heavy atom. The van der Waals surface area contributed by atoms with Crippen LogP contribution in [0.5, 0.6) is 0 Å². The molecule has 0 aliphatic heterocycles. The molecule has 128 valence electrons. The molecule has 3 aromatic rings. The number of nitrogens with zero attached hydrogens (tertiary/aromatic N) is 2. The molecule has 1 amide bonds. The minimum absolute atomic E-state index is 0.0263. The Kier molecular flexibility index (Phi) is 3.96. The highest BCUT2D eigenvalue weighted by Crippen LogP contribution is 2.40. The molecule has 1 aliphatic rings. The minimum atomic E-state index is -0.636. The molecule has 1 aliphatic carbocycles. The van der Waals surface area contributed by atoms with E-state index >= 15 is 0 Å². The standard InChI is InChI=1S/C18H15ClFN3OS/c1-8-13-9(2)21-16(10-6-7-10)23-18(13)25-15(8)17(24)22-12-5-3-4-11(19)14(12)20/h3-5,10H,6-7H2,1-2H3,(H,22,24). The van der Waals surface area contributed by atoms with Crippen molar-refractivity contribution >= 4 is 44.7 Å². The third-order valence-electron chi connectivity index (χ3n) is 4.34. The molecule has 0 saturated heterocycles. The Hall–Kier alpha value is -2.05. The fraction of sp³-hybridized carbons (Fsp3) is 0.278. The third kappa shape index (κ3) is 2.89. The van der Waals surface area contributed by atoms with E-state index in [-0.39, 0.29) is 16.6 Å². The molecular formula is C18H15ClFN3OS. The van der Waals surface area contributed by atoms with Gasteiger partial charge in [0.1, 0.15) is 10.7 Å². The van der Waals surface area contributed by atoms with Crippen LogP contribution >= 0.6 is 22.9 Å². The lowest BCUT2D eigenvalue weighted by atomic mass is 10.1. The fourth-order valence-corrected chi connectivity index (χ4v) is 4.19. The quantitative estimate of drug-likeness (QED) is 0.681. The van der Waals surface area contributed by atoms with Gasteiger partial charge in [0.2, 0.25) is 0 Å². The summed E-state index contributed by atoms with van der Waals surface area (Å²) in [6, 6.07) is 4.52. The maximum absolute atomic E-state index is 14.0. The van der Waals surface area contributed by atoms with E-state index in [0.29, 0.717) is 10.8 Å². The summed E-state index contributed by atoms with van der Waals surface area (Å²) in [5.41, 5.74) is 1.77. The molecule has 1 aromatic carbocycles. The number of carbonyl (C=O) groups is 1. The van der Waals surface area contributed by atoms with Crippen LogP contribution in [0, 0.1) is 19.7 Å². The Bertz CT molecular complexity index is 1010. The van der Waals surface area contributed by atoms with E-state index in [1.807, 2.05) is 13.8 Å². The van der Waals surface area contributed by atoms with Crippen LogP contribution in [-0.4, -0.2) is 15.9 Å². The van der Waals surface area contributed by atoms with Crippen molar-refractivity contribution in [2.75, 3.05) is 5.32 Å². The first kappa shape index (κ1) is 16.4. The van der Waals surface area contributed by atoms with E-state index < -0.39 is 5.82 Å². The normalized spacial score (nSPS) is 14.1. The van der Waals surface area contributed by atoms with Crippen LogP contribution in [0.2, 0.25) is 5.02 Å². The lowest BCUT2D eigenvalue weighted by Gasteiger charge is -2.06. The monoisotopic (exact) mass is 375 g/mol. The van der Waals surface area contributed by atoms with Gasteiger partial charge in [-0.2, -0.15) is 0 Å². The summed E-state index contributed by atoms with van der Waals surface area (Å²) in [5, 5.41) is 3.48. The zero-order chi connectivity index (χ0) is 17.7. The summed E-state index contributed by atoms with van der Waals surface area (Å²) in [6.07, 6.45) is 2.24. The molecule has 0 bridgehead atoms. The highest BCUT2D eigenvalue weighted by atomic mass is 35.5. The molecule has 0 unspecified atom stereocenters. The second kappa shape index (κ2) is 6.04. The highest BCUT2D eigenvalue weighted by molar-refractivity contribution is 7.20. The molecule has 0 radical (unpaired) electrons. The predicted octanol–water partition coefficient (Wildman–Crippen LogP) is 5.23. The molecule has 1 N–H and O–H groups in total. The number of nitrogens with one attached hydrogen (secondary N) is 1. The number of thiophene rings is 1. The van der Waals surface area contributed by atoms with Crippen molar-refractivity contribution in [1.82, 2.24) is 9.97 Å². The fourth-order valence-electron chi connectivity index (χ4n) is 2.88. The molecule has 7 heteroatoms. The lowest BCUT2D eigenvalue weighted by Crippen LogP contribution is -2.12. The lowest BCUT2D eigenvalue weighted by molar-refractivity contribution is 0.102. The number of aryl methyl sites for hydroxylation is 2. The van der Waals surface area contributed by atoms with E-state index in [1.165, 1.54) is 23.5 Å². The number of rotatable bonds is 3. The molecule has 4 rings (SSSR count). The highest BCUT2D eigenvalue weighted by Gasteiger charge is 2.28. The van der Waals surface area contributed by atoms with Crippen molar-refractivity contribution in [1.29, 1.82) is 0 Å². The van der Waals surface area contributed by atoms with Crippen molar-refractivity contribution < 1.29 is 9.18 Å². The van der Waals surface area contributed by atoms with E-state index in [0.717, 1.165) is 40.1 Å². The summed E-state index contributed by atoms with van der Waals surface area (Å²) in [5.74, 6) is 0.305. The van der Waals surface area contributed by atoms with Gasteiger partial charge >= 0.3 is 0 Å². The van der Waals surface area contributed by atoms with Gasteiger partial charge in [-0.25, -0.2) is 14.4 Å². The molecule has 2 heterocycles. The first-order chi connectivity index (χ1) is 12.0. The number of hydrogen-bond donors (Lipinski definition) is 1. The SMILES string of the molecule is Cc1nc(C2CC2)nc2sc(C(=O)Nc3cccc(Cl)c3F)c(C)c12. The largest absolute Gasteiger partial charge is 0.319 e. The zero-order valence-electron chi connectivity index (χ0n) is 13.7. The summed E-state index contributed by atoms with van der Waals surface area (Å²) in [4.78, 5) is 23.2. The molecule has 0 atom stereocenters. The molecule has 0 spiro atoms. The Morgan fingerprint density at radius 1 is 1.32 bits per heavy atom. The Labute approximate surface area is 153 Å². The number of carbonyl (C=O) groups excluding carboxylic acids is 1. The molecule has 1 fully saturated rings. The first-order valence-electron chi connectivity index (χ1n) is 7.98. The predicted molar refractivity (Wildman–Crippen MR) is 98.2 cm³/mol. The van der Waals surface area contributed by atoms with E-state index in [9.17, 15) is 9.18 Å². The van der Waals surface area contributed by atoms with Crippen LogP contribution in [0.3, 0.4) is 0 Å². The smallest absolute Gasteiger partial charge is 0.266 e. The average molecular weight is 376 g/mol. The third-order valence-corrected chi connectivity index (χ3v) is 5.81. The van der Waals surface area contributed by atoms with Crippen LogP contribution < -0.4 is 5.32 Å². The van der Waals surface area contributed by atoms with Gasteiger partial charge < -0.3 is 5.32 Å². The van der Waals surface area contributed by atoms with E-state index in [2.05, 4.69) is 15.3 Å². The number of hydrogen-bond acceptors (Lipinski definition) is 4. The summed E-state index contributed by atoms with van der Waals surface area (Å²) < 4.78 is 14.0. The second-order valence-corrected chi connectivity index (χ2v) is 7.64. The molecule has 2 aromatic heterocycles. The summed E-state index contributed by atoms with van der Waals surface area (Å²) in [6.45, 7) is 3.81. The number of amides is 1.